The third-order valence-electron chi connectivity index (χ3n) is 15.7. The highest BCUT2D eigenvalue weighted by Crippen LogP contribution is 2.61. The SMILES string of the molecule is CC1(C)c2ccccc2-c2cc3c4ccccc4n(-c4cccc(-c5ccc(-c6ccc7c8c(cccc68)-c6ccccc6-7)c6c5C5c7ccccc7C6c6ccccc65)c4)c3cc21. The molecule has 2 bridgehead atoms. The highest BCUT2D eigenvalue weighted by Gasteiger charge is 2.44. The van der Waals surface area contributed by atoms with Crippen molar-refractivity contribution in [3.63, 3.8) is 0 Å². The molecule has 5 aliphatic rings. The summed E-state index contributed by atoms with van der Waals surface area (Å²) in [7, 11) is 0. The van der Waals surface area contributed by atoms with Gasteiger partial charge in [-0.05, 0) is 141 Å². The van der Waals surface area contributed by atoms with E-state index in [0.717, 1.165) is 0 Å². The minimum atomic E-state index is -0.0924. The van der Waals surface area contributed by atoms with Gasteiger partial charge in [0.1, 0.15) is 0 Å². The molecule has 1 nitrogen and oxygen atoms in total. The average Bonchev–Trinajstić information content (AvgIpc) is 3.94. The van der Waals surface area contributed by atoms with Crippen LogP contribution in [-0.2, 0) is 5.41 Å². The molecule has 1 aromatic heterocycles. The van der Waals surface area contributed by atoms with E-state index in [9.17, 15) is 0 Å². The third kappa shape index (κ3) is 4.30. The predicted molar refractivity (Wildman–Crippen MR) is 266 cm³/mol. The third-order valence-corrected chi connectivity index (χ3v) is 15.7. The van der Waals surface area contributed by atoms with Gasteiger partial charge in [0, 0.05) is 33.7 Å². The molecule has 1 heteroatoms. The smallest absolute Gasteiger partial charge is 0.0544 e. The number of benzene rings is 10. The lowest BCUT2D eigenvalue weighted by Crippen LogP contribution is -2.28. The van der Waals surface area contributed by atoms with Gasteiger partial charge in [-0.2, -0.15) is 0 Å². The fraction of sp³-hybridized carbons (Fsp3) is 0.0794. The number of rotatable bonds is 3. The van der Waals surface area contributed by atoms with Crippen LogP contribution in [0.1, 0.15) is 70.2 Å². The molecule has 0 spiro atoms. The Kier molecular flexibility index (Phi) is 6.66. The Hall–Kier alpha value is -7.74. The van der Waals surface area contributed by atoms with Crippen LogP contribution in [0.2, 0.25) is 0 Å². The van der Waals surface area contributed by atoms with Gasteiger partial charge >= 0.3 is 0 Å². The van der Waals surface area contributed by atoms with Gasteiger partial charge in [-0.25, -0.2) is 0 Å². The lowest BCUT2D eigenvalue weighted by atomic mass is 9.58. The largest absolute Gasteiger partial charge is 0.309 e. The first-order valence-corrected chi connectivity index (χ1v) is 22.8. The number of hydrogen-bond acceptors (Lipinski definition) is 0. The summed E-state index contributed by atoms with van der Waals surface area (Å²) in [5.74, 6) is 0.240. The zero-order valence-corrected chi connectivity index (χ0v) is 35.7. The molecular formula is C63H41N. The Labute approximate surface area is 372 Å². The molecule has 10 aromatic carbocycles. The molecule has 0 radical (unpaired) electrons. The molecule has 0 N–H and O–H groups in total. The van der Waals surface area contributed by atoms with Gasteiger partial charge in [0.25, 0.3) is 0 Å². The highest BCUT2D eigenvalue weighted by molar-refractivity contribution is 6.19. The Balaban J connectivity index is 0.984. The fourth-order valence-corrected chi connectivity index (χ4v) is 13.1. The van der Waals surface area contributed by atoms with E-state index in [0.29, 0.717) is 0 Å². The van der Waals surface area contributed by atoms with Crippen LogP contribution in [-0.4, -0.2) is 4.57 Å². The van der Waals surface area contributed by atoms with Crippen LogP contribution in [0.25, 0.3) is 93.9 Å². The van der Waals surface area contributed by atoms with E-state index in [4.69, 9.17) is 0 Å². The van der Waals surface area contributed by atoms with Crippen molar-refractivity contribution in [2.24, 2.45) is 0 Å². The van der Waals surface area contributed by atoms with Gasteiger partial charge in [-0.1, -0.05) is 184 Å². The first-order chi connectivity index (χ1) is 31.5. The molecular weight excluding hydrogens is 771 g/mol. The second kappa shape index (κ2) is 12.2. The average molecular weight is 812 g/mol. The number of para-hydroxylation sites is 1. The van der Waals surface area contributed by atoms with Gasteiger partial charge < -0.3 is 4.57 Å². The molecule has 0 unspecified atom stereocenters. The van der Waals surface area contributed by atoms with Crippen molar-refractivity contribution in [1.82, 2.24) is 4.57 Å². The summed E-state index contributed by atoms with van der Waals surface area (Å²) in [6.45, 7) is 4.77. The number of hydrogen-bond donors (Lipinski definition) is 0. The second-order valence-corrected chi connectivity index (χ2v) is 19.0. The number of nitrogens with zero attached hydrogens (tertiary/aromatic N) is 1. The monoisotopic (exact) mass is 811 g/mol. The van der Waals surface area contributed by atoms with Crippen LogP contribution in [0.3, 0.4) is 0 Å². The van der Waals surface area contributed by atoms with Crippen LogP contribution >= 0.6 is 0 Å². The summed E-state index contributed by atoms with van der Waals surface area (Å²) < 4.78 is 2.52. The highest BCUT2D eigenvalue weighted by atomic mass is 15.0. The molecule has 64 heavy (non-hydrogen) atoms. The topological polar surface area (TPSA) is 4.93 Å². The van der Waals surface area contributed by atoms with Crippen molar-refractivity contribution < 1.29 is 0 Å². The first-order valence-electron chi connectivity index (χ1n) is 22.8. The molecule has 11 aromatic rings. The summed E-state index contributed by atoms with van der Waals surface area (Å²) >= 11 is 0. The van der Waals surface area contributed by atoms with E-state index in [1.807, 2.05) is 0 Å². The molecule has 0 saturated carbocycles. The van der Waals surface area contributed by atoms with E-state index in [1.54, 1.807) is 0 Å². The maximum atomic E-state index is 2.52. The minimum Gasteiger partial charge on any atom is -0.309 e. The summed E-state index contributed by atoms with van der Waals surface area (Å²) in [6, 6.07) is 76.4. The Morgan fingerprint density at radius 1 is 0.344 bits per heavy atom. The van der Waals surface area contributed by atoms with Crippen molar-refractivity contribution in [2.75, 3.05) is 0 Å². The Morgan fingerprint density at radius 3 is 1.64 bits per heavy atom. The molecule has 298 valence electrons. The first kappa shape index (κ1) is 34.8. The molecule has 0 atom stereocenters. The Bertz CT molecular complexity index is 3810. The zero-order valence-electron chi connectivity index (χ0n) is 35.7. The van der Waals surface area contributed by atoms with Gasteiger partial charge in [0.2, 0.25) is 0 Å². The van der Waals surface area contributed by atoms with Crippen molar-refractivity contribution in [2.45, 2.75) is 31.1 Å². The van der Waals surface area contributed by atoms with Crippen LogP contribution in [0.15, 0.2) is 200 Å². The summed E-state index contributed by atoms with van der Waals surface area (Å²) in [4.78, 5) is 0. The van der Waals surface area contributed by atoms with E-state index >= 15 is 0 Å². The van der Waals surface area contributed by atoms with E-state index < -0.39 is 0 Å². The lowest BCUT2D eigenvalue weighted by Gasteiger charge is -2.44. The quantitative estimate of drug-likeness (QED) is 0.167. The van der Waals surface area contributed by atoms with Crippen LogP contribution in [0.4, 0.5) is 0 Å². The molecule has 0 fully saturated rings. The van der Waals surface area contributed by atoms with Gasteiger partial charge in [-0.15, -0.1) is 0 Å². The van der Waals surface area contributed by atoms with Gasteiger partial charge in [0.15, 0.2) is 0 Å². The molecule has 5 aliphatic carbocycles. The normalized spacial score (nSPS) is 16.4. The molecule has 0 aliphatic heterocycles. The second-order valence-electron chi connectivity index (χ2n) is 19.0. The van der Waals surface area contributed by atoms with E-state index in [1.165, 1.54) is 138 Å². The van der Waals surface area contributed by atoms with Crippen molar-refractivity contribution in [1.29, 1.82) is 0 Å². The minimum absolute atomic E-state index is 0.0924. The van der Waals surface area contributed by atoms with Crippen molar-refractivity contribution in [3.8, 4) is 61.3 Å². The molecule has 1 heterocycles. The molecule has 16 rings (SSSR count). The maximum Gasteiger partial charge on any atom is 0.0544 e. The maximum absolute atomic E-state index is 2.52. The van der Waals surface area contributed by atoms with Crippen molar-refractivity contribution >= 4 is 32.6 Å². The Morgan fingerprint density at radius 2 is 0.891 bits per heavy atom. The van der Waals surface area contributed by atoms with Crippen LogP contribution in [0.5, 0.6) is 0 Å². The fourth-order valence-electron chi connectivity index (χ4n) is 13.1. The lowest BCUT2D eigenvalue weighted by molar-refractivity contribution is 0.661. The molecule has 0 saturated heterocycles. The number of fused-ring (bicyclic) bond motifs is 9. The predicted octanol–water partition coefficient (Wildman–Crippen LogP) is 16.2. The summed E-state index contributed by atoms with van der Waals surface area (Å²) in [6.07, 6.45) is 0. The standard InChI is InChI=1S/C63H41N/c1-63(2)54-27-11-9-19-42(54)52-34-53-43-20-10-12-28-56(43)64(57(53)35-55(52)63)37-16-13-15-36(33-37)38-29-31-51(41-30-32-50-40-18-4-3-17-39(40)44-25-14-26-45(41)58(44)50)62-60-48-23-7-5-21-46(48)59(61(38)62)47-22-6-8-24-49(47)60/h3-35,59-60H,1-2H3. The summed E-state index contributed by atoms with van der Waals surface area (Å²) in [5, 5.41) is 5.29. The van der Waals surface area contributed by atoms with Crippen LogP contribution < -0.4 is 0 Å². The summed E-state index contributed by atoms with van der Waals surface area (Å²) in [5.41, 5.74) is 28.3. The van der Waals surface area contributed by atoms with Crippen LogP contribution in [0, 0.1) is 0 Å². The van der Waals surface area contributed by atoms with Crippen molar-refractivity contribution in [3.05, 3.63) is 245 Å². The number of aromatic nitrogens is 1. The van der Waals surface area contributed by atoms with E-state index in [2.05, 4.69) is 219 Å². The van der Waals surface area contributed by atoms with Gasteiger partial charge in [-0.3, -0.25) is 0 Å². The van der Waals surface area contributed by atoms with Gasteiger partial charge in [0.05, 0.1) is 11.0 Å². The molecule has 0 amide bonds. The zero-order chi connectivity index (χ0) is 42.0. The van der Waals surface area contributed by atoms with E-state index in [-0.39, 0.29) is 17.3 Å².